The Morgan fingerprint density at radius 1 is 1.12 bits per heavy atom. The molecular weight excluding hydrogens is 466 g/mol. The zero-order valence-corrected chi connectivity index (χ0v) is 18.8. The van der Waals surface area contributed by atoms with Gasteiger partial charge in [-0.1, -0.05) is 23.7 Å². The molecule has 0 radical (unpaired) electrons. The molecule has 0 atom stereocenters. The summed E-state index contributed by atoms with van der Waals surface area (Å²) in [7, 11) is 1.17. The average Bonchev–Trinajstić information content (AvgIpc) is 3.26. The lowest BCUT2D eigenvalue weighted by atomic mass is 10.1. The molecule has 4 rings (SSSR count). The van der Waals surface area contributed by atoms with Crippen molar-refractivity contribution in [3.63, 3.8) is 0 Å². The Morgan fingerprint density at radius 2 is 1.76 bits per heavy atom. The Morgan fingerprint density at radius 3 is 2.35 bits per heavy atom. The number of aliphatic hydroxyl groups excluding tert-OH is 1. The van der Waals surface area contributed by atoms with E-state index in [1.807, 2.05) is 0 Å². The van der Waals surface area contributed by atoms with Crippen molar-refractivity contribution in [2.24, 2.45) is 0 Å². The maximum Gasteiger partial charge on any atom is 0.337 e. The zero-order valence-electron chi connectivity index (χ0n) is 18.0. The fourth-order valence-corrected chi connectivity index (χ4v) is 4.13. The second-order valence-corrected chi connectivity index (χ2v) is 8.04. The van der Waals surface area contributed by atoms with Gasteiger partial charge in [-0.2, -0.15) is 0 Å². The van der Waals surface area contributed by atoms with Crippen LogP contribution in [-0.2, 0) is 20.9 Å². The van der Waals surface area contributed by atoms with Gasteiger partial charge in [0.2, 0.25) is 0 Å². The molecule has 2 aromatic rings. The van der Waals surface area contributed by atoms with Crippen molar-refractivity contribution in [1.29, 1.82) is 0 Å². The first kappa shape index (κ1) is 23.3. The molecular formula is C23H20ClN3O7. The number of hydrogen-bond donors (Lipinski definition) is 3. The van der Waals surface area contributed by atoms with E-state index in [4.69, 9.17) is 16.3 Å². The third-order valence-corrected chi connectivity index (χ3v) is 5.84. The summed E-state index contributed by atoms with van der Waals surface area (Å²) in [6.07, 6.45) is 0. The van der Waals surface area contributed by atoms with E-state index in [1.165, 1.54) is 24.1 Å². The van der Waals surface area contributed by atoms with Crippen LogP contribution in [0.15, 0.2) is 47.7 Å². The van der Waals surface area contributed by atoms with E-state index in [-0.39, 0.29) is 48.2 Å². The van der Waals surface area contributed by atoms with Crippen molar-refractivity contribution in [1.82, 2.24) is 9.80 Å². The molecule has 34 heavy (non-hydrogen) atoms. The normalized spacial score (nSPS) is 15.3. The number of phenolic OH excluding ortho intramolecular Hbond substituents is 1. The lowest BCUT2D eigenvalue weighted by Gasteiger charge is -2.18. The van der Waals surface area contributed by atoms with Gasteiger partial charge in [0.1, 0.15) is 5.70 Å². The molecule has 11 heteroatoms. The Balaban J connectivity index is 1.65. The van der Waals surface area contributed by atoms with Gasteiger partial charge >= 0.3 is 5.97 Å². The molecule has 0 fully saturated rings. The summed E-state index contributed by atoms with van der Waals surface area (Å²) in [5.41, 5.74) is 0.868. The minimum absolute atomic E-state index is 0.00295. The molecule has 3 N–H and O–H groups in total. The number of aliphatic hydroxyl groups is 1. The number of aromatic hydroxyl groups is 1. The van der Waals surface area contributed by atoms with Crippen LogP contribution in [-0.4, -0.2) is 70.5 Å². The van der Waals surface area contributed by atoms with E-state index in [0.717, 1.165) is 4.90 Å². The smallest absolute Gasteiger partial charge is 0.337 e. The number of rotatable bonds is 7. The van der Waals surface area contributed by atoms with Crippen LogP contribution in [0.25, 0.3) is 0 Å². The lowest BCUT2D eigenvalue weighted by molar-refractivity contribution is -0.136. The van der Waals surface area contributed by atoms with Gasteiger partial charge in [-0.25, -0.2) is 4.79 Å². The van der Waals surface area contributed by atoms with Crippen molar-refractivity contribution in [2.45, 2.75) is 6.54 Å². The maximum atomic E-state index is 12.8. The molecule has 0 saturated heterocycles. The molecule has 2 aliphatic rings. The third kappa shape index (κ3) is 3.97. The number of phenols is 1. The number of imide groups is 1. The molecule has 0 unspecified atom stereocenters. The van der Waals surface area contributed by atoms with E-state index >= 15 is 0 Å². The van der Waals surface area contributed by atoms with Gasteiger partial charge in [-0.05, 0) is 29.8 Å². The molecule has 3 amide bonds. The maximum absolute atomic E-state index is 12.8. The van der Waals surface area contributed by atoms with E-state index in [2.05, 4.69) is 5.32 Å². The van der Waals surface area contributed by atoms with Crippen LogP contribution >= 0.6 is 11.6 Å². The van der Waals surface area contributed by atoms with Gasteiger partial charge in [0.05, 0.1) is 54.2 Å². The number of hydrogen-bond acceptors (Lipinski definition) is 8. The summed E-state index contributed by atoms with van der Waals surface area (Å²) in [5.74, 6) is -2.63. The van der Waals surface area contributed by atoms with Crippen molar-refractivity contribution >= 4 is 41.0 Å². The van der Waals surface area contributed by atoms with Crippen molar-refractivity contribution in [3.8, 4) is 5.75 Å². The second kappa shape index (κ2) is 9.16. The first-order valence-corrected chi connectivity index (χ1v) is 10.6. The fraction of sp³-hybridized carbons (Fsp3) is 0.217. The van der Waals surface area contributed by atoms with Gasteiger partial charge in [0.25, 0.3) is 17.7 Å². The zero-order chi connectivity index (χ0) is 24.6. The van der Waals surface area contributed by atoms with Crippen molar-refractivity contribution in [2.75, 3.05) is 32.1 Å². The van der Waals surface area contributed by atoms with Gasteiger partial charge in [-0.15, -0.1) is 0 Å². The molecule has 10 nitrogen and oxygen atoms in total. The van der Waals surface area contributed by atoms with E-state index in [1.54, 1.807) is 24.3 Å². The number of ether oxygens (including phenoxy) is 1. The number of nitrogens with zero attached hydrogens (tertiary/aromatic N) is 2. The Bertz CT molecular complexity index is 1220. The van der Waals surface area contributed by atoms with Gasteiger partial charge in [0, 0.05) is 6.54 Å². The highest BCUT2D eigenvalue weighted by atomic mass is 35.5. The highest BCUT2D eigenvalue weighted by Gasteiger charge is 2.36. The number of β-amino-alcohol motifs (C(OH)–C–C–N with tert-alkyl or cyclic N) is 1. The van der Waals surface area contributed by atoms with Crippen LogP contribution < -0.4 is 5.32 Å². The first-order chi connectivity index (χ1) is 16.3. The molecule has 0 aromatic heterocycles. The molecule has 0 bridgehead atoms. The van der Waals surface area contributed by atoms with Gasteiger partial charge in [0.15, 0.2) is 5.75 Å². The third-order valence-electron chi connectivity index (χ3n) is 5.56. The quantitative estimate of drug-likeness (QED) is 0.305. The monoisotopic (exact) mass is 485 g/mol. The first-order valence-electron chi connectivity index (χ1n) is 10.2. The standard InChI is InChI=1S/C23H20ClN3O7/c1-34-23(33)15-11-26(6-7-28)22(32)18(15)25-17-9-12(8-16(24)19(17)29)10-27-20(30)13-4-2-3-5-14(13)21(27)31/h2-5,8-9,25,28-29H,6-7,10-11H2,1H3. The number of methoxy groups -OCH3 is 1. The second-order valence-electron chi connectivity index (χ2n) is 7.64. The minimum Gasteiger partial charge on any atom is -0.504 e. The summed E-state index contributed by atoms with van der Waals surface area (Å²) < 4.78 is 4.75. The fourth-order valence-electron chi connectivity index (χ4n) is 3.89. The predicted octanol–water partition coefficient (Wildman–Crippen LogP) is 1.52. The molecule has 176 valence electrons. The predicted molar refractivity (Wildman–Crippen MR) is 120 cm³/mol. The topological polar surface area (TPSA) is 136 Å². The summed E-state index contributed by atoms with van der Waals surface area (Å²) in [6.45, 7) is -0.524. The number of amides is 3. The molecule has 0 aliphatic carbocycles. The molecule has 2 aliphatic heterocycles. The van der Waals surface area contributed by atoms with Crippen LogP contribution in [0.4, 0.5) is 5.69 Å². The number of nitrogens with one attached hydrogen (secondary N) is 1. The highest BCUT2D eigenvalue weighted by molar-refractivity contribution is 6.32. The Labute approximate surface area is 199 Å². The summed E-state index contributed by atoms with van der Waals surface area (Å²) in [6, 6.07) is 9.29. The number of anilines is 1. The Kier molecular flexibility index (Phi) is 6.27. The number of benzene rings is 2. The van der Waals surface area contributed by atoms with E-state index in [9.17, 15) is 29.4 Å². The number of fused-ring (bicyclic) bond motifs is 1. The van der Waals surface area contributed by atoms with Gasteiger partial charge in [-0.3, -0.25) is 19.3 Å². The van der Waals surface area contributed by atoms with Crippen LogP contribution in [0, 0.1) is 0 Å². The van der Waals surface area contributed by atoms with Crippen molar-refractivity contribution in [3.05, 3.63) is 69.4 Å². The van der Waals surface area contributed by atoms with Gasteiger partial charge < -0.3 is 25.2 Å². The average molecular weight is 486 g/mol. The largest absolute Gasteiger partial charge is 0.504 e. The van der Waals surface area contributed by atoms with Crippen LogP contribution in [0.1, 0.15) is 26.3 Å². The SMILES string of the molecule is COC(=O)C1=C(Nc2cc(CN3C(=O)c4ccccc4C3=O)cc(Cl)c2O)C(=O)N(CCO)C1. The molecule has 2 heterocycles. The summed E-state index contributed by atoms with van der Waals surface area (Å²) >= 11 is 6.18. The number of halogens is 1. The number of esters is 1. The summed E-state index contributed by atoms with van der Waals surface area (Å²) in [4.78, 5) is 52.7. The van der Waals surface area contributed by atoms with E-state index < -0.39 is 29.4 Å². The van der Waals surface area contributed by atoms with Crippen LogP contribution in [0.5, 0.6) is 5.75 Å². The Hall–Kier alpha value is -3.89. The highest BCUT2D eigenvalue weighted by Crippen LogP contribution is 2.36. The minimum atomic E-state index is -0.746. The molecule has 0 spiro atoms. The molecule has 2 aromatic carbocycles. The van der Waals surface area contributed by atoms with Crippen LogP contribution in [0.2, 0.25) is 5.02 Å². The van der Waals surface area contributed by atoms with Crippen LogP contribution in [0.3, 0.4) is 0 Å². The van der Waals surface area contributed by atoms with Crippen molar-refractivity contribution < 1.29 is 34.1 Å². The molecule has 0 saturated carbocycles. The summed E-state index contributed by atoms with van der Waals surface area (Å²) in [5, 5.41) is 22.3. The van der Waals surface area contributed by atoms with E-state index in [0.29, 0.717) is 16.7 Å². The lowest BCUT2D eigenvalue weighted by Crippen LogP contribution is -2.31. The number of carbonyl (C=O) groups is 4. The number of carbonyl (C=O) groups excluding carboxylic acids is 4.